The average Bonchev–Trinajstić information content (AvgIpc) is 3.22. The van der Waals surface area contributed by atoms with Gasteiger partial charge in [0.05, 0.1) is 11.3 Å². The Morgan fingerprint density at radius 1 is 1.16 bits per heavy atom. The van der Waals surface area contributed by atoms with E-state index in [0.717, 1.165) is 17.1 Å². The fraction of sp³-hybridized carbons (Fsp3) is 0.143. The Kier molecular flexibility index (Phi) is 6.56. The molecular weight excluding hydrogens is 430 g/mol. The number of aromatic nitrogens is 5. The number of carbonyl (C=O) groups excluding carboxylic acids is 1. The lowest BCUT2D eigenvalue weighted by Gasteiger charge is -2.09. The standard InChI is InChI=1S/C21H19N7O3S/c1-13-10-15(28-31-13)12-32-18-16(8-5-9-23-18)19(29)30-11-17-25-20(22)27-21(26-17)24-14-6-3-2-4-7-14/h2-10H,11-12H2,1H3,(H3,22,24,25,26,27). The number of para-hydroxylation sites is 1. The largest absolute Gasteiger partial charge is 0.454 e. The second kappa shape index (κ2) is 9.88. The van der Waals surface area contributed by atoms with Crippen molar-refractivity contribution in [3.05, 3.63) is 77.6 Å². The molecule has 0 aliphatic carbocycles. The predicted octanol–water partition coefficient (Wildman–Crippen LogP) is 3.54. The Balaban J connectivity index is 1.41. The fourth-order valence-corrected chi connectivity index (χ4v) is 3.57. The molecule has 11 heteroatoms. The molecule has 0 unspecified atom stereocenters. The number of nitrogen functional groups attached to an aromatic ring is 1. The highest BCUT2D eigenvalue weighted by Crippen LogP contribution is 2.25. The molecule has 0 bridgehead atoms. The summed E-state index contributed by atoms with van der Waals surface area (Å²) in [5, 5.41) is 7.51. The summed E-state index contributed by atoms with van der Waals surface area (Å²) in [5.41, 5.74) is 7.67. The summed E-state index contributed by atoms with van der Waals surface area (Å²) in [6.07, 6.45) is 1.61. The maximum Gasteiger partial charge on any atom is 0.341 e. The summed E-state index contributed by atoms with van der Waals surface area (Å²) in [6, 6.07) is 14.5. The third-order valence-corrected chi connectivity index (χ3v) is 5.12. The van der Waals surface area contributed by atoms with Crippen LogP contribution >= 0.6 is 11.8 Å². The van der Waals surface area contributed by atoms with Gasteiger partial charge in [-0.05, 0) is 31.2 Å². The van der Waals surface area contributed by atoms with Crippen molar-refractivity contribution in [1.29, 1.82) is 0 Å². The molecule has 0 aliphatic heterocycles. The van der Waals surface area contributed by atoms with E-state index in [2.05, 4.69) is 30.4 Å². The van der Waals surface area contributed by atoms with Crippen molar-refractivity contribution in [2.24, 2.45) is 0 Å². The van der Waals surface area contributed by atoms with Crippen molar-refractivity contribution in [1.82, 2.24) is 25.1 Å². The van der Waals surface area contributed by atoms with E-state index in [4.69, 9.17) is 15.0 Å². The fourth-order valence-electron chi connectivity index (χ4n) is 2.71. The number of carbonyl (C=O) groups is 1. The molecule has 4 rings (SSSR count). The first-order valence-electron chi connectivity index (χ1n) is 9.56. The van der Waals surface area contributed by atoms with Gasteiger partial charge in [-0.2, -0.15) is 15.0 Å². The number of hydrogen-bond donors (Lipinski definition) is 2. The number of rotatable bonds is 8. The number of thioether (sulfide) groups is 1. The number of pyridine rings is 1. The highest BCUT2D eigenvalue weighted by molar-refractivity contribution is 7.98. The van der Waals surface area contributed by atoms with Crippen LogP contribution in [0.1, 0.15) is 27.6 Å². The van der Waals surface area contributed by atoms with Crippen LogP contribution in [0.2, 0.25) is 0 Å². The van der Waals surface area contributed by atoms with E-state index in [0.29, 0.717) is 16.3 Å². The molecule has 0 radical (unpaired) electrons. The lowest BCUT2D eigenvalue weighted by atomic mass is 10.3. The van der Waals surface area contributed by atoms with Crippen molar-refractivity contribution < 1.29 is 14.1 Å². The van der Waals surface area contributed by atoms with Crippen LogP contribution in [0.5, 0.6) is 0 Å². The number of aryl methyl sites for hydroxylation is 1. The van der Waals surface area contributed by atoms with Crippen LogP contribution in [0.15, 0.2) is 64.3 Å². The summed E-state index contributed by atoms with van der Waals surface area (Å²) in [4.78, 5) is 29.3. The number of nitrogens with one attached hydrogen (secondary N) is 1. The summed E-state index contributed by atoms with van der Waals surface area (Å²) >= 11 is 1.36. The van der Waals surface area contributed by atoms with Crippen LogP contribution in [0.3, 0.4) is 0 Å². The highest BCUT2D eigenvalue weighted by atomic mass is 32.2. The number of anilines is 3. The van der Waals surface area contributed by atoms with Gasteiger partial charge < -0.3 is 20.3 Å². The molecule has 0 aliphatic rings. The van der Waals surface area contributed by atoms with Gasteiger partial charge in [0.1, 0.15) is 10.8 Å². The number of esters is 1. The van der Waals surface area contributed by atoms with Crippen LogP contribution in [-0.2, 0) is 17.1 Å². The maximum atomic E-state index is 12.7. The Hall–Kier alpha value is -3.99. The van der Waals surface area contributed by atoms with E-state index in [1.54, 1.807) is 18.3 Å². The van der Waals surface area contributed by atoms with Gasteiger partial charge in [-0.3, -0.25) is 0 Å². The van der Waals surface area contributed by atoms with Gasteiger partial charge in [-0.15, -0.1) is 0 Å². The van der Waals surface area contributed by atoms with Crippen LogP contribution < -0.4 is 11.1 Å². The third kappa shape index (κ3) is 5.58. The van der Waals surface area contributed by atoms with Gasteiger partial charge in [0.2, 0.25) is 11.9 Å². The van der Waals surface area contributed by atoms with Gasteiger partial charge in [0.25, 0.3) is 0 Å². The van der Waals surface area contributed by atoms with Crippen molar-refractivity contribution in [2.45, 2.75) is 24.3 Å². The lowest BCUT2D eigenvalue weighted by Crippen LogP contribution is -2.12. The van der Waals surface area contributed by atoms with E-state index in [-0.39, 0.29) is 24.3 Å². The minimum Gasteiger partial charge on any atom is -0.454 e. The average molecular weight is 449 g/mol. The zero-order chi connectivity index (χ0) is 22.3. The SMILES string of the molecule is Cc1cc(CSc2ncccc2C(=O)OCc2nc(N)nc(Nc3ccccc3)n2)no1. The molecule has 0 saturated carbocycles. The minimum absolute atomic E-state index is 0.0185. The summed E-state index contributed by atoms with van der Waals surface area (Å²) in [7, 11) is 0. The maximum absolute atomic E-state index is 12.7. The van der Waals surface area contributed by atoms with Crippen molar-refractivity contribution in [3.8, 4) is 0 Å². The van der Waals surface area contributed by atoms with Gasteiger partial charge in [-0.1, -0.05) is 35.1 Å². The van der Waals surface area contributed by atoms with E-state index >= 15 is 0 Å². The molecular formula is C21H19N7O3S. The number of benzene rings is 1. The number of nitrogens with two attached hydrogens (primary N) is 1. The van der Waals surface area contributed by atoms with Crippen molar-refractivity contribution in [2.75, 3.05) is 11.1 Å². The Morgan fingerprint density at radius 2 is 2.00 bits per heavy atom. The van der Waals surface area contributed by atoms with Gasteiger partial charge in [-0.25, -0.2) is 9.78 Å². The van der Waals surface area contributed by atoms with E-state index < -0.39 is 5.97 Å². The molecule has 0 atom stereocenters. The molecule has 3 aromatic heterocycles. The topological polar surface area (TPSA) is 142 Å². The zero-order valence-electron chi connectivity index (χ0n) is 17.1. The smallest absolute Gasteiger partial charge is 0.341 e. The van der Waals surface area contributed by atoms with Crippen LogP contribution in [0, 0.1) is 6.92 Å². The molecule has 0 amide bonds. The minimum atomic E-state index is -0.548. The molecule has 0 fully saturated rings. The van der Waals surface area contributed by atoms with Crippen LogP contribution in [0.4, 0.5) is 17.6 Å². The van der Waals surface area contributed by atoms with Crippen LogP contribution in [0.25, 0.3) is 0 Å². The summed E-state index contributed by atoms with van der Waals surface area (Å²) in [6.45, 7) is 1.65. The molecule has 162 valence electrons. The van der Waals surface area contributed by atoms with Gasteiger partial charge >= 0.3 is 5.97 Å². The van der Waals surface area contributed by atoms with E-state index in [1.165, 1.54) is 11.8 Å². The zero-order valence-corrected chi connectivity index (χ0v) is 17.9. The molecule has 10 nitrogen and oxygen atoms in total. The molecule has 3 N–H and O–H groups in total. The number of hydrogen-bond acceptors (Lipinski definition) is 11. The van der Waals surface area contributed by atoms with Crippen molar-refractivity contribution in [3.63, 3.8) is 0 Å². The molecule has 4 aromatic rings. The second-order valence-corrected chi connectivity index (χ2v) is 7.54. The summed E-state index contributed by atoms with van der Waals surface area (Å²) < 4.78 is 10.5. The predicted molar refractivity (Wildman–Crippen MR) is 118 cm³/mol. The molecule has 1 aromatic carbocycles. The molecule has 3 heterocycles. The quantitative estimate of drug-likeness (QED) is 0.301. The number of nitrogens with zero attached hydrogens (tertiary/aromatic N) is 5. The molecule has 32 heavy (non-hydrogen) atoms. The third-order valence-electron chi connectivity index (χ3n) is 4.09. The number of ether oxygens (including phenoxy) is 1. The normalized spacial score (nSPS) is 10.7. The Bertz CT molecular complexity index is 1220. The Labute approximate surface area is 187 Å². The van der Waals surface area contributed by atoms with Crippen molar-refractivity contribution >= 4 is 35.3 Å². The first-order valence-corrected chi connectivity index (χ1v) is 10.5. The lowest BCUT2D eigenvalue weighted by molar-refractivity contribution is 0.0457. The van der Waals surface area contributed by atoms with E-state index in [1.807, 2.05) is 43.3 Å². The van der Waals surface area contributed by atoms with E-state index in [9.17, 15) is 4.79 Å². The van der Waals surface area contributed by atoms with Gasteiger partial charge in [0.15, 0.2) is 12.4 Å². The molecule has 0 saturated heterocycles. The van der Waals surface area contributed by atoms with Gasteiger partial charge in [0, 0.05) is 23.7 Å². The first kappa shape index (κ1) is 21.2. The van der Waals surface area contributed by atoms with Crippen LogP contribution in [-0.4, -0.2) is 31.1 Å². The monoisotopic (exact) mass is 449 g/mol. The second-order valence-electron chi connectivity index (χ2n) is 6.57. The Morgan fingerprint density at radius 3 is 2.78 bits per heavy atom. The summed E-state index contributed by atoms with van der Waals surface area (Å²) in [5.74, 6) is 1.18. The molecule has 0 spiro atoms. The first-order chi connectivity index (χ1) is 15.6. The highest BCUT2D eigenvalue weighted by Gasteiger charge is 2.16.